The molecular formula is C24H26N4O3. The lowest BCUT2D eigenvalue weighted by Gasteiger charge is -2.36. The summed E-state index contributed by atoms with van der Waals surface area (Å²) >= 11 is 0. The summed E-state index contributed by atoms with van der Waals surface area (Å²) in [6.07, 6.45) is 4.27. The van der Waals surface area contributed by atoms with Gasteiger partial charge in [0.25, 0.3) is 11.6 Å². The molecule has 1 aromatic heterocycles. The number of para-hydroxylation sites is 2. The number of aryl methyl sites for hydroxylation is 1. The first-order chi connectivity index (χ1) is 15.0. The molecule has 3 heterocycles. The predicted octanol–water partition coefficient (Wildman–Crippen LogP) is 4.11. The third kappa shape index (κ3) is 3.20. The summed E-state index contributed by atoms with van der Waals surface area (Å²) < 4.78 is 1.89. The van der Waals surface area contributed by atoms with Gasteiger partial charge in [-0.1, -0.05) is 30.3 Å². The fourth-order valence-corrected chi connectivity index (χ4v) is 5.56. The first kappa shape index (κ1) is 19.8. The largest absolute Gasteiger partial charge is 0.349 e. The molecule has 7 heteroatoms. The van der Waals surface area contributed by atoms with Crippen molar-refractivity contribution in [1.82, 2.24) is 14.8 Å². The van der Waals surface area contributed by atoms with Crippen molar-refractivity contribution in [3.8, 4) is 11.3 Å². The van der Waals surface area contributed by atoms with Crippen molar-refractivity contribution in [3.63, 3.8) is 0 Å². The number of nitrogens with one attached hydrogen (secondary N) is 1. The van der Waals surface area contributed by atoms with Gasteiger partial charge in [0, 0.05) is 42.1 Å². The van der Waals surface area contributed by atoms with Gasteiger partial charge in [0.2, 0.25) is 0 Å². The number of hydrogen-bond acceptors (Lipinski definition) is 4. The lowest BCUT2D eigenvalue weighted by Crippen LogP contribution is -2.48. The molecule has 2 bridgehead atoms. The minimum absolute atomic E-state index is 0.000193. The predicted molar refractivity (Wildman–Crippen MR) is 120 cm³/mol. The van der Waals surface area contributed by atoms with Crippen molar-refractivity contribution >= 4 is 22.5 Å². The molecule has 1 amide bonds. The van der Waals surface area contributed by atoms with Gasteiger partial charge >= 0.3 is 0 Å². The summed E-state index contributed by atoms with van der Waals surface area (Å²) in [4.78, 5) is 27.4. The molecule has 2 aliphatic heterocycles. The van der Waals surface area contributed by atoms with Crippen LogP contribution in [0.1, 0.15) is 36.0 Å². The highest BCUT2D eigenvalue weighted by molar-refractivity contribution is 6.13. The third-order valence-corrected chi connectivity index (χ3v) is 7.12. The van der Waals surface area contributed by atoms with E-state index < -0.39 is 0 Å². The summed E-state index contributed by atoms with van der Waals surface area (Å²) in [6.45, 7) is 0. The normalized spacial score (nSPS) is 23.2. The second kappa shape index (κ2) is 7.50. The summed E-state index contributed by atoms with van der Waals surface area (Å²) in [5.74, 6) is -0.154. The van der Waals surface area contributed by atoms with E-state index in [0.29, 0.717) is 28.9 Å². The van der Waals surface area contributed by atoms with E-state index in [-0.39, 0.29) is 22.6 Å². The highest BCUT2D eigenvalue weighted by Gasteiger charge is 2.39. The summed E-state index contributed by atoms with van der Waals surface area (Å²) in [6, 6.07) is 15.5. The molecule has 0 radical (unpaired) electrons. The van der Waals surface area contributed by atoms with Crippen LogP contribution in [0.5, 0.6) is 0 Å². The average molecular weight is 418 g/mol. The zero-order valence-corrected chi connectivity index (χ0v) is 17.7. The van der Waals surface area contributed by atoms with Crippen LogP contribution < -0.4 is 5.32 Å². The highest BCUT2D eigenvalue weighted by Crippen LogP contribution is 2.38. The number of rotatable bonds is 4. The molecule has 31 heavy (non-hydrogen) atoms. The van der Waals surface area contributed by atoms with Crippen molar-refractivity contribution < 1.29 is 9.72 Å². The second-order valence-corrected chi connectivity index (χ2v) is 8.77. The van der Waals surface area contributed by atoms with Crippen LogP contribution in [-0.4, -0.2) is 45.5 Å². The molecule has 1 N–H and O–H groups in total. The van der Waals surface area contributed by atoms with Gasteiger partial charge in [0.15, 0.2) is 0 Å². The highest BCUT2D eigenvalue weighted by atomic mass is 16.6. The number of benzene rings is 2. The van der Waals surface area contributed by atoms with Crippen LogP contribution in [0.15, 0.2) is 48.5 Å². The number of amides is 1. The number of nitro groups is 1. The monoisotopic (exact) mass is 418 g/mol. The Labute approximate surface area is 180 Å². The first-order valence-corrected chi connectivity index (χ1v) is 10.8. The number of aromatic nitrogens is 1. The number of carbonyl (C=O) groups is 1. The fraction of sp³-hybridized carbons (Fsp3) is 0.375. The van der Waals surface area contributed by atoms with Crippen LogP contribution in [0.2, 0.25) is 0 Å². The molecule has 160 valence electrons. The Balaban J connectivity index is 1.59. The zero-order chi connectivity index (χ0) is 21.7. The maximum Gasteiger partial charge on any atom is 0.278 e. The van der Waals surface area contributed by atoms with E-state index >= 15 is 0 Å². The summed E-state index contributed by atoms with van der Waals surface area (Å²) in [5, 5.41) is 15.8. The van der Waals surface area contributed by atoms with Crippen LogP contribution in [0, 0.1) is 10.1 Å². The minimum atomic E-state index is -0.386. The minimum Gasteiger partial charge on any atom is -0.349 e. The standard InChI is InChI=1S/C24H26N4O3/c1-26-16-11-12-17(26)14-15(13-16)25-24(29)22-18-7-3-5-9-20(18)27(2)23(22)19-8-4-6-10-21(19)28(30)31/h3-10,15-17H,11-14H2,1-2H3,(H,25,29)/t15?,16-,17+. The van der Waals surface area contributed by atoms with E-state index in [1.807, 2.05) is 35.9 Å². The van der Waals surface area contributed by atoms with Crippen LogP contribution in [0.25, 0.3) is 22.2 Å². The molecule has 2 fully saturated rings. The molecular weight excluding hydrogens is 392 g/mol. The Morgan fingerprint density at radius 3 is 2.39 bits per heavy atom. The van der Waals surface area contributed by atoms with Gasteiger partial charge in [-0.05, 0) is 44.9 Å². The first-order valence-electron chi connectivity index (χ1n) is 10.8. The van der Waals surface area contributed by atoms with Gasteiger partial charge in [0.05, 0.1) is 21.7 Å². The Morgan fingerprint density at radius 1 is 1.03 bits per heavy atom. The number of nitrogens with zero attached hydrogens (tertiary/aromatic N) is 3. The van der Waals surface area contributed by atoms with E-state index in [4.69, 9.17) is 0 Å². The molecule has 2 saturated heterocycles. The molecule has 7 nitrogen and oxygen atoms in total. The van der Waals surface area contributed by atoms with Crippen molar-refractivity contribution in [2.75, 3.05) is 7.05 Å². The topological polar surface area (TPSA) is 80.4 Å². The maximum absolute atomic E-state index is 13.6. The maximum atomic E-state index is 13.6. The van der Waals surface area contributed by atoms with E-state index in [0.717, 1.165) is 23.7 Å². The van der Waals surface area contributed by atoms with Gasteiger partial charge in [-0.15, -0.1) is 0 Å². The molecule has 3 atom stereocenters. The van der Waals surface area contributed by atoms with Crippen molar-refractivity contribution in [1.29, 1.82) is 0 Å². The van der Waals surface area contributed by atoms with Crippen molar-refractivity contribution in [2.24, 2.45) is 7.05 Å². The van der Waals surface area contributed by atoms with Crippen LogP contribution in [0.4, 0.5) is 5.69 Å². The van der Waals surface area contributed by atoms with Gasteiger partial charge in [-0.3, -0.25) is 14.9 Å². The van der Waals surface area contributed by atoms with Crippen LogP contribution in [0.3, 0.4) is 0 Å². The van der Waals surface area contributed by atoms with Gasteiger partial charge < -0.3 is 14.8 Å². The summed E-state index contributed by atoms with van der Waals surface area (Å²) in [5.41, 5.74) is 2.43. The average Bonchev–Trinajstić information content (AvgIpc) is 3.15. The van der Waals surface area contributed by atoms with E-state index in [1.54, 1.807) is 18.2 Å². The molecule has 1 unspecified atom stereocenters. The molecule has 5 rings (SSSR count). The number of hydrogen-bond donors (Lipinski definition) is 1. The number of nitro benzene ring substituents is 1. The van der Waals surface area contributed by atoms with Crippen LogP contribution >= 0.6 is 0 Å². The molecule has 2 aromatic carbocycles. The Bertz CT molecular complexity index is 1170. The quantitative estimate of drug-likeness (QED) is 0.511. The van der Waals surface area contributed by atoms with Crippen LogP contribution in [-0.2, 0) is 7.05 Å². The number of piperidine rings is 1. The van der Waals surface area contributed by atoms with E-state index in [9.17, 15) is 14.9 Å². The third-order valence-electron chi connectivity index (χ3n) is 7.12. The Hall–Kier alpha value is -3.19. The zero-order valence-electron chi connectivity index (χ0n) is 17.7. The molecule has 0 aliphatic carbocycles. The van der Waals surface area contributed by atoms with E-state index in [2.05, 4.69) is 17.3 Å². The molecule has 2 aliphatic rings. The fourth-order valence-electron chi connectivity index (χ4n) is 5.56. The lowest BCUT2D eigenvalue weighted by molar-refractivity contribution is -0.384. The van der Waals surface area contributed by atoms with Gasteiger partial charge in [-0.2, -0.15) is 0 Å². The number of carbonyl (C=O) groups excluding carboxylic acids is 1. The van der Waals surface area contributed by atoms with Crippen molar-refractivity contribution in [2.45, 2.75) is 43.8 Å². The smallest absolute Gasteiger partial charge is 0.278 e. The lowest BCUT2D eigenvalue weighted by atomic mass is 9.97. The Morgan fingerprint density at radius 2 is 1.68 bits per heavy atom. The summed E-state index contributed by atoms with van der Waals surface area (Å²) in [7, 11) is 4.04. The van der Waals surface area contributed by atoms with Crippen molar-refractivity contribution in [3.05, 3.63) is 64.2 Å². The Kier molecular flexibility index (Phi) is 4.78. The molecule has 0 saturated carbocycles. The SMILES string of the molecule is CN1[C@@H]2CC[C@H]1CC(NC(=O)c1c(-c3ccccc3[N+](=O)[O-])n(C)c3ccccc13)C2. The number of fused-ring (bicyclic) bond motifs is 3. The van der Waals surface area contributed by atoms with Gasteiger partial charge in [0.1, 0.15) is 0 Å². The van der Waals surface area contributed by atoms with Gasteiger partial charge in [-0.25, -0.2) is 0 Å². The molecule has 0 spiro atoms. The molecule has 3 aromatic rings. The van der Waals surface area contributed by atoms with E-state index in [1.165, 1.54) is 18.9 Å². The second-order valence-electron chi connectivity index (χ2n) is 8.77.